The summed E-state index contributed by atoms with van der Waals surface area (Å²) in [4.78, 5) is 45.7. The summed E-state index contributed by atoms with van der Waals surface area (Å²) in [5.74, 6) is -1.73. The lowest BCUT2D eigenvalue weighted by atomic mass is 10.0. The molecule has 0 aromatic heterocycles. The summed E-state index contributed by atoms with van der Waals surface area (Å²) in [7, 11) is 2.50. The van der Waals surface area contributed by atoms with Crippen LogP contribution in [0.1, 0.15) is 26.3 Å². The quantitative estimate of drug-likeness (QED) is 0.350. The van der Waals surface area contributed by atoms with Crippen LogP contribution in [0.2, 0.25) is 0 Å². The number of ketones is 1. The highest BCUT2D eigenvalue weighted by molar-refractivity contribution is 6.04. The van der Waals surface area contributed by atoms with Gasteiger partial charge in [-0.3, -0.25) is 9.59 Å². The molecule has 0 aliphatic carbocycles. The zero-order valence-corrected chi connectivity index (χ0v) is 12.6. The SMILES string of the molecule is CNC(=O)c1cc(C(=O)CN)ccc1C=CC(=O)OC(=O)OC. The van der Waals surface area contributed by atoms with Crippen molar-refractivity contribution in [3.63, 3.8) is 0 Å². The van der Waals surface area contributed by atoms with Crippen LogP contribution in [0.5, 0.6) is 0 Å². The van der Waals surface area contributed by atoms with E-state index in [1.165, 1.54) is 31.3 Å². The third kappa shape index (κ3) is 5.04. The van der Waals surface area contributed by atoms with E-state index < -0.39 is 18.0 Å². The molecule has 0 atom stereocenters. The fraction of sp³-hybridized carbons (Fsp3) is 0.200. The Balaban J connectivity index is 3.10. The summed E-state index contributed by atoms with van der Waals surface area (Å²) in [5.41, 5.74) is 6.10. The average molecular weight is 320 g/mol. The summed E-state index contributed by atoms with van der Waals surface area (Å²) in [6.45, 7) is -0.187. The zero-order chi connectivity index (χ0) is 17.4. The Bertz CT molecular complexity index is 666. The van der Waals surface area contributed by atoms with Crippen LogP contribution in [0.25, 0.3) is 6.08 Å². The fourth-order valence-electron chi connectivity index (χ4n) is 1.64. The molecule has 1 aromatic carbocycles. The molecule has 0 unspecified atom stereocenters. The molecule has 122 valence electrons. The van der Waals surface area contributed by atoms with Crippen molar-refractivity contribution in [2.24, 2.45) is 5.73 Å². The third-order valence-corrected chi connectivity index (χ3v) is 2.78. The summed E-state index contributed by atoms with van der Waals surface area (Å²) in [6, 6.07) is 4.33. The second kappa shape index (κ2) is 8.44. The molecule has 0 aliphatic heterocycles. The van der Waals surface area contributed by atoms with Crippen molar-refractivity contribution in [1.82, 2.24) is 5.32 Å². The van der Waals surface area contributed by atoms with Gasteiger partial charge in [-0.15, -0.1) is 0 Å². The molecule has 0 radical (unpaired) electrons. The van der Waals surface area contributed by atoms with Crippen LogP contribution in [0.15, 0.2) is 24.3 Å². The van der Waals surface area contributed by atoms with Crippen LogP contribution in [-0.4, -0.2) is 44.5 Å². The largest absolute Gasteiger partial charge is 0.516 e. The van der Waals surface area contributed by atoms with Gasteiger partial charge in [-0.25, -0.2) is 9.59 Å². The minimum Gasteiger partial charge on any atom is -0.437 e. The number of hydrogen-bond donors (Lipinski definition) is 2. The molecular weight excluding hydrogens is 304 g/mol. The maximum atomic E-state index is 11.9. The second-order valence-electron chi connectivity index (χ2n) is 4.22. The topological polar surface area (TPSA) is 125 Å². The summed E-state index contributed by atoms with van der Waals surface area (Å²) < 4.78 is 8.45. The van der Waals surface area contributed by atoms with Crippen molar-refractivity contribution >= 4 is 29.9 Å². The van der Waals surface area contributed by atoms with E-state index in [2.05, 4.69) is 14.8 Å². The first kappa shape index (κ1) is 18.1. The van der Waals surface area contributed by atoms with Crippen LogP contribution in [0.4, 0.5) is 4.79 Å². The number of ether oxygens (including phenoxy) is 2. The van der Waals surface area contributed by atoms with Crippen LogP contribution in [-0.2, 0) is 14.3 Å². The number of Topliss-reactive ketones (excluding diaryl/α,β-unsaturated/α-hetero) is 1. The average Bonchev–Trinajstić information content (AvgIpc) is 2.58. The lowest BCUT2D eigenvalue weighted by molar-refractivity contribution is -0.133. The van der Waals surface area contributed by atoms with Gasteiger partial charge < -0.3 is 20.5 Å². The number of benzene rings is 1. The van der Waals surface area contributed by atoms with Crippen LogP contribution in [0, 0.1) is 0 Å². The summed E-state index contributed by atoms with van der Waals surface area (Å²) in [5, 5.41) is 2.43. The molecule has 3 N–H and O–H groups in total. The standard InChI is InChI=1S/C15H16N2O6/c1-17-14(20)11-7-10(12(18)8-16)4-3-9(11)5-6-13(19)23-15(21)22-2/h3-7H,8,16H2,1-2H3,(H,17,20). The molecule has 1 amide bonds. The number of rotatable bonds is 5. The number of nitrogens with two attached hydrogens (primary N) is 1. The summed E-state index contributed by atoms with van der Waals surface area (Å²) in [6.07, 6.45) is 1.10. The van der Waals surface area contributed by atoms with Crippen molar-refractivity contribution in [3.05, 3.63) is 41.0 Å². The Kier molecular flexibility index (Phi) is 6.63. The molecule has 0 aliphatic rings. The van der Waals surface area contributed by atoms with E-state index in [1.807, 2.05) is 0 Å². The monoisotopic (exact) mass is 320 g/mol. The molecule has 1 aromatic rings. The Morgan fingerprint density at radius 3 is 2.52 bits per heavy atom. The number of nitrogens with one attached hydrogen (secondary N) is 1. The number of hydrogen-bond acceptors (Lipinski definition) is 7. The fourth-order valence-corrected chi connectivity index (χ4v) is 1.64. The molecule has 8 nitrogen and oxygen atoms in total. The number of carbonyl (C=O) groups excluding carboxylic acids is 4. The molecule has 0 fully saturated rings. The normalized spacial score (nSPS) is 10.2. The Labute approximate surface area is 132 Å². The van der Waals surface area contributed by atoms with Crippen molar-refractivity contribution < 1.29 is 28.7 Å². The Morgan fingerprint density at radius 1 is 1.26 bits per heavy atom. The van der Waals surface area contributed by atoms with Gasteiger partial charge in [-0.2, -0.15) is 0 Å². The first-order valence-electron chi connectivity index (χ1n) is 6.50. The van der Waals surface area contributed by atoms with Crippen molar-refractivity contribution in [1.29, 1.82) is 0 Å². The number of carbonyl (C=O) groups is 4. The zero-order valence-electron chi connectivity index (χ0n) is 12.6. The highest BCUT2D eigenvalue weighted by atomic mass is 16.7. The predicted molar refractivity (Wildman–Crippen MR) is 80.7 cm³/mol. The minimum absolute atomic E-state index is 0.175. The minimum atomic E-state index is -1.14. The first-order valence-corrected chi connectivity index (χ1v) is 6.50. The van der Waals surface area contributed by atoms with Gasteiger partial charge in [-0.1, -0.05) is 12.1 Å². The Hall–Kier alpha value is -3.00. The van der Waals surface area contributed by atoms with E-state index in [0.29, 0.717) is 5.56 Å². The van der Waals surface area contributed by atoms with E-state index in [1.54, 1.807) is 0 Å². The molecular formula is C15H16N2O6. The molecule has 1 rings (SSSR count). The maximum absolute atomic E-state index is 11.9. The lowest BCUT2D eigenvalue weighted by Crippen LogP contribution is -2.20. The van der Waals surface area contributed by atoms with E-state index >= 15 is 0 Å². The molecule has 0 spiro atoms. The molecule has 0 bridgehead atoms. The van der Waals surface area contributed by atoms with Gasteiger partial charge in [0.25, 0.3) is 5.91 Å². The van der Waals surface area contributed by atoms with Crippen molar-refractivity contribution in [3.8, 4) is 0 Å². The highest BCUT2D eigenvalue weighted by Crippen LogP contribution is 2.15. The molecule has 23 heavy (non-hydrogen) atoms. The van der Waals surface area contributed by atoms with E-state index in [4.69, 9.17) is 5.73 Å². The summed E-state index contributed by atoms with van der Waals surface area (Å²) >= 11 is 0. The predicted octanol–water partition coefficient (Wildman–Crippen LogP) is 0.510. The van der Waals surface area contributed by atoms with Gasteiger partial charge in [-0.05, 0) is 17.7 Å². The molecule has 0 saturated heterocycles. The number of methoxy groups -OCH3 is 1. The highest BCUT2D eigenvalue weighted by Gasteiger charge is 2.13. The Morgan fingerprint density at radius 2 is 1.96 bits per heavy atom. The lowest BCUT2D eigenvalue weighted by Gasteiger charge is -2.07. The third-order valence-electron chi connectivity index (χ3n) is 2.78. The van der Waals surface area contributed by atoms with Gasteiger partial charge in [0.15, 0.2) is 5.78 Å². The van der Waals surface area contributed by atoms with Gasteiger partial charge in [0.05, 0.1) is 13.7 Å². The molecule has 0 heterocycles. The molecule has 0 saturated carbocycles. The van der Waals surface area contributed by atoms with Crippen molar-refractivity contribution in [2.45, 2.75) is 0 Å². The van der Waals surface area contributed by atoms with Gasteiger partial charge in [0.2, 0.25) is 0 Å². The second-order valence-corrected chi connectivity index (χ2v) is 4.22. The van der Waals surface area contributed by atoms with Gasteiger partial charge in [0.1, 0.15) is 0 Å². The smallest absolute Gasteiger partial charge is 0.437 e. The molecule has 8 heteroatoms. The maximum Gasteiger partial charge on any atom is 0.516 e. The van der Waals surface area contributed by atoms with Gasteiger partial charge in [0, 0.05) is 24.3 Å². The van der Waals surface area contributed by atoms with E-state index in [9.17, 15) is 19.2 Å². The van der Waals surface area contributed by atoms with Crippen LogP contribution < -0.4 is 11.1 Å². The van der Waals surface area contributed by atoms with E-state index in [-0.39, 0.29) is 23.5 Å². The number of amides is 1. The first-order chi connectivity index (χ1) is 10.9. The van der Waals surface area contributed by atoms with Crippen LogP contribution in [0.3, 0.4) is 0 Å². The van der Waals surface area contributed by atoms with Crippen LogP contribution >= 0.6 is 0 Å². The number of esters is 1. The van der Waals surface area contributed by atoms with Gasteiger partial charge >= 0.3 is 12.1 Å². The van der Waals surface area contributed by atoms with Crippen molar-refractivity contribution in [2.75, 3.05) is 20.7 Å². The van der Waals surface area contributed by atoms with E-state index in [0.717, 1.165) is 13.2 Å².